The van der Waals surface area contributed by atoms with Gasteiger partial charge in [-0.25, -0.2) is 0 Å². The van der Waals surface area contributed by atoms with Crippen LogP contribution in [0.25, 0.3) is 0 Å². The number of carboxylic acids is 1. The second-order valence-electron chi connectivity index (χ2n) is 5.89. The quantitative estimate of drug-likeness (QED) is 0.815. The molecule has 0 bridgehead atoms. The van der Waals surface area contributed by atoms with Gasteiger partial charge in [0.2, 0.25) is 11.8 Å². The van der Waals surface area contributed by atoms with Crippen molar-refractivity contribution >= 4 is 17.8 Å². The van der Waals surface area contributed by atoms with Gasteiger partial charge in [-0.2, -0.15) is 0 Å². The number of amides is 2. The molecule has 2 amide bonds. The SMILES string of the molecule is COc1ccc([C@H](CC(=O)N2CC[C@H](C(=O)O)C2)NC(C)=O)cc1. The van der Waals surface area contributed by atoms with Crippen LogP contribution in [0, 0.1) is 5.92 Å². The van der Waals surface area contributed by atoms with Gasteiger partial charge in [0, 0.05) is 20.0 Å². The number of hydrogen-bond acceptors (Lipinski definition) is 4. The van der Waals surface area contributed by atoms with Gasteiger partial charge in [0.15, 0.2) is 0 Å². The van der Waals surface area contributed by atoms with Crippen LogP contribution in [0.15, 0.2) is 24.3 Å². The maximum Gasteiger partial charge on any atom is 0.308 e. The number of aliphatic carboxylic acids is 1. The van der Waals surface area contributed by atoms with E-state index < -0.39 is 17.9 Å². The van der Waals surface area contributed by atoms with Crippen molar-refractivity contribution in [3.8, 4) is 5.75 Å². The number of carbonyl (C=O) groups is 3. The van der Waals surface area contributed by atoms with Crippen molar-refractivity contribution in [3.63, 3.8) is 0 Å². The van der Waals surface area contributed by atoms with Crippen molar-refractivity contribution in [3.05, 3.63) is 29.8 Å². The molecule has 24 heavy (non-hydrogen) atoms. The highest BCUT2D eigenvalue weighted by Gasteiger charge is 2.32. The van der Waals surface area contributed by atoms with Crippen LogP contribution in [0.1, 0.15) is 31.4 Å². The highest BCUT2D eigenvalue weighted by atomic mass is 16.5. The summed E-state index contributed by atoms with van der Waals surface area (Å²) in [4.78, 5) is 36.5. The normalized spacial score (nSPS) is 18.1. The molecular weight excluding hydrogens is 312 g/mol. The molecule has 1 aromatic rings. The number of likely N-dealkylation sites (tertiary alicyclic amines) is 1. The largest absolute Gasteiger partial charge is 0.497 e. The van der Waals surface area contributed by atoms with E-state index in [0.29, 0.717) is 18.7 Å². The summed E-state index contributed by atoms with van der Waals surface area (Å²) in [7, 11) is 1.57. The Bertz CT molecular complexity index is 614. The molecule has 7 heteroatoms. The first-order valence-corrected chi connectivity index (χ1v) is 7.82. The number of hydrogen-bond donors (Lipinski definition) is 2. The molecule has 2 N–H and O–H groups in total. The van der Waals surface area contributed by atoms with Gasteiger partial charge in [0.25, 0.3) is 0 Å². The van der Waals surface area contributed by atoms with E-state index in [-0.39, 0.29) is 24.8 Å². The van der Waals surface area contributed by atoms with Gasteiger partial charge < -0.3 is 20.1 Å². The Morgan fingerprint density at radius 2 is 2.00 bits per heavy atom. The standard InChI is InChI=1S/C17H22N2O5/c1-11(20)18-15(12-3-5-14(24-2)6-4-12)9-16(21)19-8-7-13(10-19)17(22)23/h3-6,13,15H,7-10H2,1-2H3,(H,18,20)(H,22,23)/t13-,15-/m0/s1. The second-order valence-corrected chi connectivity index (χ2v) is 5.89. The zero-order valence-corrected chi connectivity index (χ0v) is 13.8. The predicted molar refractivity (Wildman–Crippen MR) is 86.5 cm³/mol. The van der Waals surface area contributed by atoms with Crippen molar-refractivity contribution in [1.82, 2.24) is 10.2 Å². The Balaban J connectivity index is 2.06. The van der Waals surface area contributed by atoms with Crippen LogP contribution < -0.4 is 10.1 Å². The van der Waals surface area contributed by atoms with Crippen molar-refractivity contribution < 1.29 is 24.2 Å². The molecule has 1 saturated heterocycles. The van der Waals surface area contributed by atoms with E-state index in [2.05, 4.69) is 5.32 Å². The molecule has 130 valence electrons. The van der Waals surface area contributed by atoms with Crippen LogP contribution in [0.2, 0.25) is 0 Å². The van der Waals surface area contributed by atoms with Gasteiger partial charge in [0.05, 0.1) is 25.5 Å². The molecule has 0 aromatic heterocycles. The maximum absolute atomic E-state index is 12.5. The number of nitrogens with one attached hydrogen (secondary N) is 1. The Labute approximate surface area is 140 Å². The molecule has 2 atom stereocenters. The molecule has 0 radical (unpaired) electrons. The molecule has 1 fully saturated rings. The fraction of sp³-hybridized carbons (Fsp3) is 0.471. The van der Waals surface area contributed by atoms with Gasteiger partial charge >= 0.3 is 5.97 Å². The summed E-state index contributed by atoms with van der Waals surface area (Å²) in [6.45, 7) is 2.06. The summed E-state index contributed by atoms with van der Waals surface area (Å²) < 4.78 is 5.11. The lowest BCUT2D eigenvalue weighted by molar-refractivity contribution is -0.141. The molecular formula is C17H22N2O5. The number of nitrogens with zero attached hydrogens (tertiary/aromatic N) is 1. The van der Waals surface area contributed by atoms with E-state index in [1.165, 1.54) is 6.92 Å². The van der Waals surface area contributed by atoms with Crippen molar-refractivity contribution in [2.24, 2.45) is 5.92 Å². The number of carbonyl (C=O) groups excluding carboxylic acids is 2. The first-order chi connectivity index (χ1) is 11.4. The topological polar surface area (TPSA) is 95.9 Å². The molecule has 2 rings (SSSR count). The molecule has 1 aliphatic heterocycles. The minimum absolute atomic E-state index is 0.0955. The van der Waals surface area contributed by atoms with E-state index in [4.69, 9.17) is 9.84 Å². The monoisotopic (exact) mass is 334 g/mol. The van der Waals surface area contributed by atoms with E-state index in [1.807, 2.05) is 0 Å². The summed E-state index contributed by atoms with van der Waals surface area (Å²) in [5.41, 5.74) is 0.799. The van der Waals surface area contributed by atoms with Gasteiger partial charge in [-0.15, -0.1) is 0 Å². The first-order valence-electron chi connectivity index (χ1n) is 7.82. The molecule has 0 unspecified atom stereocenters. The minimum atomic E-state index is -0.876. The third kappa shape index (κ3) is 4.47. The summed E-state index contributed by atoms with van der Waals surface area (Å²) >= 11 is 0. The van der Waals surface area contributed by atoms with Gasteiger partial charge in [-0.05, 0) is 24.1 Å². The molecule has 0 aliphatic carbocycles. The Kier molecular flexibility index (Phi) is 5.78. The molecule has 1 aromatic carbocycles. The fourth-order valence-electron chi connectivity index (χ4n) is 2.83. The van der Waals surface area contributed by atoms with Gasteiger partial charge in [-0.1, -0.05) is 12.1 Å². The third-order valence-electron chi connectivity index (χ3n) is 4.16. The number of ether oxygens (including phenoxy) is 1. The van der Waals surface area contributed by atoms with Gasteiger partial charge in [0.1, 0.15) is 5.75 Å². The summed E-state index contributed by atoms with van der Waals surface area (Å²) in [6, 6.07) is 6.69. The third-order valence-corrected chi connectivity index (χ3v) is 4.16. The Morgan fingerprint density at radius 3 is 2.50 bits per heavy atom. The maximum atomic E-state index is 12.5. The highest BCUT2D eigenvalue weighted by molar-refractivity contribution is 5.80. The van der Waals surface area contributed by atoms with E-state index in [9.17, 15) is 14.4 Å². The lowest BCUT2D eigenvalue weighted by Gasteiger charge is -2.22. The molecule has 1 aliphatic rings. The lowest BCUT2D eigenvalue weighted by atomic mass is 10.0. The fourth-order valence-corrected chi connectivity index (χ4v) is 2.83. The van der Waals surface area contributed by atoms with E-state index >= 15 is 0 Å². The zero-order chi connectivity index (χ0) is 17.7. The number of benzene rings is 1. The van der Waals surface area contributed by atoms with Crippen LogP contribution in [-0.4, -0.2) is 48.0 Å². The van der Waals surface area contributed by atoms with E-state index in [0.717, 1.165) is 5.56 Å². The van der Waals surface area contributed by atoms with Crippen LogP contribution in [-0.2, 0) is 14.4 Å². The summed E-state index contributed by atoms with van der Waals surface area (Å²) in [6.07, 6.45) is 0.562. The average Bonchev–Trinajstić information content (AvgIpc) is 3.04. The lowest BCUT2D eigenvalue weighted by Crippen LogP contribution is -2.35. The molecule has 7 nitrogen and oxygen atoms in total. The summed E-state index contributed by atoms with van der Waals surface area (Å²) in [5, 5.41) is 11.8. The second kappa shape index (κ2) is 7.81. The molecule has 1 heterocycles. The molecule has 0 saturated carbocycles. The van der Waals surface area contributed by atoms with Crippen molar-refractivity contribution in [2.45, 2.75) is 25.8 Å². The predicted octanol–water partition coefficient (Wildman–Crippen LogP) is 1.20. The van der Waals surface area contributed by atoms with Crippen LogP contribution in [0.5, 0.6) is 5.75 Å². The van der Waals surface area contributed by atoms with Crippen LogP contribution in [0.4, 0.5) is 0 Å². The Morgan fingerprint density at radius 1 is 1.33 bits per heavy atom. The number of rotatable bonds is 6. The van der Waals surface area contributed by atoms with Crippen molar-refractivity contribution in [2.75, 3.05) is 20.2 Å². The summed E-state index contributed by atoms with van der Waals surface area (Å²) in [5.74, 6) is -1.08. The average molecular weight is 334 g/mol. The number of carboxylic acid groups (broad SMARTS) is 1. The first kappa shape index (κ1) is 17.8. The Hall–Kier alpha value is -2.57. The smallest absolute Gasteiger partial charge is 0.308 e. The minimum Gasteiger partial charge on any atom is -0.497 e. The number of methoxy groups -OCH3 is 1. The van der Waals surface area contributed by atoms with Crippen molar-refractivity contribution in [1.29, 1.82) is 0 Å². The zero-order valence-electron chi connectivity index (χ0n) is 13.8. The van der Waals surface area contributed by atoms with E-state index in [1.54, 1.807) is 36.3 Å². The molecule has 0 spiro atoms. The van der Waals surface area contributed by atoms with Gasteiger partial charge in [-0.3, -0.25) is 14.4 Å². The highest BCUT2D eigenvalue weighted by Crippen LogP contribution is 2.23. The van der Waals surface area contributed by atoms with Crippen LogP contribution in [0.3, 0.4) is 0 Å². The van der Waals surface area contributed by atoms with Crippen LogP contribution >= 0.6 is 0 Å².